The Morgan fingerprint density at radius 1 is 1.08 bits per heavy atom. The number of benzene rings is 3. The van der Waals surface area contributed by atoms with E-state index >= 15 is 0 Å². The fraction of sp³-hybridized carbons (Fsp3) is 0.289. The van der Waals surface area contributed by atoms with Gasteiger partial charge in [0.25, 0.3) is 11.2 Å². The van der Waals surface area contributed by atoms with Gasteiger partial charge in [-0.1, -0.05) is 23.5 Å². The molecule has 1 aliphatic heterocycles. The van der Waals surface area contributed by atoms with Crippen LogP contribution in [0, 0.1) is 10.1 Å². The first-order chi connectivity index (χ1) is 24.5. The van der Waals surface area contributed by atoms with Gasteiger partial charge in [-0.3, -0.25) is 19.5 Å². The summed E-state index contributed by atoms with van der Waals surface area (Å²) in [6.07, 6.45) is 3.83. The van der Waals surface area contributed by atoms with Crippen molar-refractivity contribution in [3.63, 3.8) is 0 Å². The third-order valence-electron chi connectivity index (χ3n) is 7.95. The largest absolute Gasteiger partial charge is 0.493 e. The van der Waals surface area contributed by atoms with Crippen LogP contribution in [0.3, 0.4) is 0 Å². The minimum Gasteiger partial charge on any atom is -0.493 e. The van der Waals surface area contributed by atoms with E-state index in [-0.39, 0.29) is 36.1 Å². The summed E-state index contributed by atoms with van der Waals surface area (Å²) in [5.41, 5.74) is 3.14. The molecule has 2 heterocycles. The lowest BCUT2D eigenvalue weighted by Gasteiger charge is -2.25. The minimum atomic E-state index is -0.842. The lowest BCUT2D eigenvalue weighted by Crippen LogP contribution is -2.40. The normalized spacial score (nSPS) is 14.1. The molecule has 0 saturated carbocycles. The number of hydrogen-bond acceptors (Lipinski definition) is 11. The summed E-state index contributed by atoms with van der Waals surface area (Å²) in [4.78, 5) is 43.4. The van der Waals surface area contributed by atoms with Crippen LogP contribution in [-0.2, 0) is 22.6 Å². The molecule has 0 unspecified atom stereocenters. The van der Waals surface area contributed by atoms with Crippen molar-refractivity contribution in [3.05, 3.63) is 131 Å². The maximum Gasteiger partial charge on any atom is 0.338 e. The van der Waals surface area contributed by atoms with Crippen LogP contribution in [0.2, 0.25) is 0 Å². The van der Waals surface area contributed by atoms with Crippen LogP contribution >= 0.6 is 11.3 Å². The topological polar surface area (TPSA) is 141 Å². The molecule has 0 aliphatic carbocycles. The van der Waals surface area contributed by atoms with Crippen molar-refractivity contribution >= 4 is 29.1 Å². The molecule has 0 fully saturated rings. The summed E-state index contributed by atoms with van der Waals surface area (Å²) < 4.78 is 30.8. The van der Waals surface area contributed by atoms with Crippen molar-refractivity contribution in [1.29, 1.82) is 0 Å². The molecule has 13 heteroatoms. The van der Waals surface area contributed by atoms with E-state index in [9.17, 15) is 19.7 Å². The predicted molar refractivity (Wildman–Crippen MR) is 193 cm³/mol. The van der Waals surface area contributed by atoms with Crippen LogP contribution in [0.4, 0.5) is 5.69 Å². The molecule has 0 amide bonds. The van der Waals surface area contributed by atoms with Gasteiger partial charge in [0.2, 0.25) is 0 Å². The third kappa shape index (κ3) is 7.88. The highest BCUT2D eigenvalue weighted by molar-refractivity contribution is 7.07. The number of esters is 1. The molecule has 51 heavy (non-hydrogen) atoms. The lowest BCUT2D eigenvalue weighted by atomic mass is 9.95. The van der Waals surface area contributed by atoms with Crippen LogP contribution in [0.15, 0.2) is 88.3 Å². The van der Waals surface area contributed by atoms with Gasteiger partial charge in [-0.25, -0.2) is 9.79 Å². The molecule has 3 aromatic carbocycles. The number of nitro groups is 1. The molecule has 1 aliphatic rings. The number of rotatable bonds is 14. The Morgan fingerprint density at radius 2 is 1.80 bits per heavy atom. The Labute approximate surface area is 298 Å². The molecule has 266 valence electrons. The van der Waals surface area contributed by atoms with E-state index in [4.69, 9.17) is 23.7 Å². The average molecular weight is 714 g/mol. The van der Waals surface area contributed by atoms with Crippen molar-refractivity contribution in [3.8, 4) is 23.0 Å². The fourth-order valence-corrected chi connectivity index (χ4v) is 6.77. The molecule has 12 nitrogen and oxygen atoms in total. The summed E-state index contributed by atoms with van der Waals surface area (Å²) in [6, 6.07) is 14.3. The number of thiazole rings is 1. The quantitative estimate of drug-likeness (QED) is 0.0685. The molecule has 0 radical (unpaired) electrons. The second-order valence-corrected chi connectivity index (χ2v) is 12.8. The third-order valence-corrected chi connectivity index (χ3v) is 8.93. The number of allylic oxidation sites excluding steroid dienone is 2. The van der Waals surface area contributed by atoms with E-state index < -0.39 is 16.9 Å². The number of aromatic nitrogens is 1. The van der Waals surface area contributed by atoms with Crippen molar-refractivity contribution < 1.29 is 33.4 Å². The SMILES string of the molecule is C=CCc1cc(/C=c2\sc3n(c2=O)[C@@H](c2ccc(OC(C)C)c(OC)c2)C(C(=O)OCC)=C(C)N=3)cc(OC)c1OCc1ccc([N+](=O)[O-])cc1. The van der Waals surface area contributed by atoms with Crippen LogP contribution in [0.25, 0.3) is 6.08 Å². The Kier molecular flexibility index (Phi) is 11.4. The summed E-state index contributed by atoms with van der Waals surface area (Å²) in [6.45, 7) is 11.5. The monoisotopic (exact) mass is 713 g/mol. The van der Waals surface area contributed by atoms with Gasteiger partial charge in [-0.05, 0) is 93.3 Å². The van der Waals surface area contributed by atoms with Gasteiger partial charge in [-0.2, -0.15) is 0 Å². The molecule has 1 atom stereocenters. The Morgan fingerprint density at radius 3 is 2.43 bits per heavy atom. The molecule has 0 N–H and O–H groups in total. The second kappa shape index (κ2) is 15.9. The molecule has 4 aromatic rings. The van der Waals surface area contributed by atoms with E-state index in [2.05, 4.69) is 11.6 Å². The molecule has 5 rings (SSSR count). The maximum atomic E-state index is 14.3. The zero-order valence-corrected chi connectivity index (χ0v) is 30.1. The highest BCUT2D eigenvalue weighted by Crippen LogP contribution is 2.37. The number of methoxy groups -OCH3 is 2. The van der Waals surface area contributed by atoms with E-state index in [0.717, 1.165) is 11.1 Å². The van der Waals surface area contributed by atoms with Gasteiger partial charge in [0.1, 0.15) is 6.61 Å². The molecule has 0 bridgehead atoms. The van der Waals surface area contributed by atoms with Crippen molar-refractivity contribution in [2.24, 2.45) is 4.99 Å². The predicted octanol–water partition coefficient (Wildman–Crippen LogP) is 5.82. The Hall–Kier alpha value is -5.69. The zero-order valence-electron chi connectivity index (χ0n) is 29.3. The second-order valence-electron chi connectivity index (χ2n) is 11.8. The van der Waals surface area contributed by atoms with Crippen molar-refractivity contribution in [1.82, 2.24) is 4.57 Å². The van der Waals surface area contributed by atoms with Crippen LogP contribution in [-0.4, -0.2) is 42.4 Å². The molecule has 0 spiro atoms. The van der Waals surface area contributed by atoms with Gasteiger partial charge in [0, 0.05) is 17.7 Å². The van der Waals surface area contributed by atoms with Crippen LogP contribution in [0.1, 0.15) is 56.0 Å². The number of nitrogens with zero attached hydrogens (tertiary/aromatic N) is 3. The first-order valence-corrected chi connectivity index (χ1v) is 17.0. The van der Waals surface area contributed by atoms with Gasteiger partial charge >= 0.3 is 5.97 Å². The first-order valence-electron chi connectivity index (χ1n) is 16.2. The molecule has 1 aromatic heterocycles. The number of hydrogen-bond donors (Lipinski definition) is 0. The summed E-state index contributed by atoms with van der Waals surface area (Å²) in [5, 5.41) is 11.0. The fourth-order valence-electron chi connectivity index (χ4n) is 5.72. The van der Waals surface area contributed by atoms with Crippen LogP contribution in [0.5, 0.6) is 23.0 Å². The number of fused-ring (bicyclic) bond motifs is 1. The average Bonchev–Trinajstić information content (AvgIpc) is 3.40. The number of carbonyl (C=O) groups is 1. The standard InChI is InChI=1S/C38H39N3O9S/c1-8-10-27-17-25(18-31(47-7)35(27)49-21-24-11-14-28(15-12-24)41(44)45)19-32-36(42)40-34(26-13-16-29(50-22(3)4)30(20-26)46-6)33(37(43)48-9-2)23(5)39-38(40)51-32/h8,11-20,22,34H,1,9-10,21H2,2-7H3/b32-19-/t34-/m0/s1. The van der Waals surface area contributed by atoms with E-state index in [0.29, 0.717) is 55.6 Å². The summed E-state index contributed by atoms with van der Waals surface area (Å²) >= 11 is 1.20. The van der Waals surface area contributed by atoms with Crippen molar-refractivity contribution in [2.45, 2.75) is 52.9 Å². The van der Waals surface area contributed by atoms with Crippen LogP contribution < -0.4 is 33.8 Å². The Balaban J connectivity index is 1.60. The number of non-ortho nitro benzene ring substituents is 1. The minimum absolute atomic E-state index is 0.00854. The van der Waals surface area contributed by atoms with Gasteiger partial charge < -0.3 is 23.7 Å². The Bertz CT molecular complexity index is 2180. The maximum absolute atomic E-state index is 14.3. The summed E-state index contributed by atoms with van der Waals surface area (Å²) in [7, 11) is 3.06. The number of ether oxygens (including phenoxy) is 5. The van der Waals surface area contributed by atoms with Gasteiger partial charge in [0.05, 0.1) is 53.7 Å². The molecule has 0 saturated heterocycles. The van der Waals surface area contributed by atoms with Crippen molar-refractivity contribution in [2.75, 3.05) is 20.8 Å². The van der Waals surface area contributed by atoms with E-state index in [1.165, 1.54) is 42.3 Å². The smallest absolute Gasteiger partial charge is 0.338 e. The highest BCUT2D eigenvalue weighted by Gasteiger charge is 2.34. The summed E-state index contributed by atoms with van der Waals surface area (Å²) in [5.74, 6) is 1.35. The van der Waals surface area contributed by atoms with E-state index in [1.807, 2.05) is 26.0 Å². The van der Waals surface area contributed by atoms with E-state index in [1.54, 1.807) is 56.3 Å². The number of carbonyl (C=O) groups excluding carboxylic acids is 1. The highest BCUT2D eigenvalue weighted by atomic mass is 32.1. The number of nitro benzene ring substituents is 1. The first kappa shape index (κ1) is 36.6. The van der Waals surface area contributed by atoms with Gasteiger partial charge in [-0.15, -0.1) is 6.58 Å². The molecular formula is C38H39N3O9S. The zero-order chi connectivity index (χ0) is 36.8. The molecular weight excluding hydrogens is 674 g/mol. The van der Waals surface area contributed by atoms with Gasteiger partial charge in [0.15, 0.2) is 27.8 Å². The lowest BCUT2D eigenvalue weighted by molar-refractivity contribution is -0.384.